The van der Waals surface area contributed by atoms with E-state index in [2.05, 4.69) is 36.5 Å². The van der Waals surface area contributed by atoms with Crippen molar-refractivity contribution in [2.24, 2.45) is 5.92 Å². The van der Waals surface area contributed by atoms with Crippen LogP contribution in [0.3, 0.4) is 0 Å². The summed E-state index contributed by atoms with van der Waals surface area (Å²) in [5.74, 6) is 0.969. The highest BCUT2D eigenvalue weighted by molar-refractivity contribution is 7.09. The molecule has 0 atom stereocenters. The molecule has 1 aromatic rings. The van der Waals surface area contributed by atoms with E-state index in [1.165, 1.54) is 37.1 Å². The van der Waals surface area contributed by atoms with Crippen molar-refractivity contribution in [3.8, 4) is 0 Å². The van der Waals surface area contributed by atoms with Gasteiger partial charge in [-0.1, -0.05) is 13.3 Å². The third kappa shape index (κ3) is 3.29. The normalized spacial score (nSPS) is 26.1. The molecule has 17 heavy (non-hydrogen) atoms. The van der Waals surface area contributed by atoms with E-state index in [0.717, 1.165) is 5.92 Å². The van der Waals surface area contributed by atoms with Gasteiger partial charge >= 0.3 is 0 Å². The summed E-state index contributed by atoms with van der Waals surface area (Å²) in [6, 6.07) is 0.677. The molecule has 0 amide bonds. The van der Waals surface area contributed by atoms with E-state index in [9.17, 15) is 0 Å². The predicted molar refractivity (Wildman–Crippen MR) is 74.3 cm³/mol. The summed E-state index contributed by atoms with van der Waals surface area (Å²) >= 11 is 1.75. The van der Waals surface area contributed by atoms with E-state index in [1.807, 2.05) is 6.20 Å². The fourth-order valence-electron chi connectivity index (χ4n) is 2.82. The van der Waals surface area contributed by atoms with Gasteiger partial charge in [-0.15, -0.1) is 11.3 Å². The molecule has 0 saturated heterocycles. The Morgan fingerprint density at radius 2 is 2.06 bits per heavy atom. The topological polar surface area (TPSA) is 24.9 Å². The number of hydrogen-bond acceptors (Lipinski definition) is 3. The van der Waals surface area contributed by atoms with Crippen LogP contribution in [0.4, 0.5) is 0 Å². The van der Waals surface area contributed by atoms with Crippen molar-refractivity contribution in [1.29, 1.82) is 0 Å². The zero-order valence-electron chi connectivity index (χ0n) is 11.2. The van der Waals surface area contributed by atoms with Crippen LogP contribution in [0.2, 0.25) is 0 Å². The molecule has 1 heterocycles. The lowest BCUT2D eigenvalue weighted by Crippen LogP contribution is -2.45. The molecular formula is C14H24N2S. The molecule has 1 aliphatic rings. The molecule has 3 heteroatoms. The number of nitrogens with zero attached hydrogens (tertiary/aromatic N) is 1. The van der Waals surface area contributed by atoms with Crippen molar-refractivity contribution < 1.29 is 0 Å². The van der Waals surface area contributed by atoms with E-state index >= 15 is 0 Å². The first-order chi connectivity index (χ1) is 8.12. The van der Waals surface area contributed by atoms with Crippen LogP contribution in [-0.2, 0) is 5.54 Å². The van der Waals surface area contributed by atoms with Gasteiger partial charge in [-0.2, -0.15) is 0 Å². The van der Waals surface area contributed by atoms with Crippen molar-refractivity contribution in [2.45, 2.75) is 64.5 Å². The molecule has 0 radical (unpaired) electrons. The van der Waals surface area contributed by atoms with Crippen molar-refractivity contribution >= 4 is 11.3 Å². The number of thiazole rings is 1. The van der Waals surface area contributed by atoms with Crippen molar-refractivity contribution in [1.82, 2.24) is 10.3 Å². The van der Waals surface area contributed by atoms with Crippen molar-refractivity contribution in [2.75, 3.05) is 0 Å². The predicted octanol–water partition coefficient (Wildman–Crippen LogP) is 3.94. The van der Waals surface area contributed by atoms with E-state index in [4.69, 9.17) is 0 Å². The summed E-state index contributed by atoms with van der Waals surface area (Å²) in [4.78, 5) is 4.44. The van der Waals surface area contributed by atoms with Crippen LogP contribution in [0, 0.1) is 5.92 Å². The average molecular weight is 252 g/mol. The molecule has 96 valence electrons. The maximum absolute atomic E-state index is 4.44. The van der Waals surface area contributed by atoms with E-state index in [-0.39, 0.29) is 5.54 Å². The van der Waals surface area contributed by atoms with Gasteiger partial charge in [-0.3, -0.25) is 0 Å². The van der Waals surface area contributed by atoms with Crippen LogP contribution in [0.15, 0.2) is 11.6 Å². The van der Waals surface area contributed by atoms with Gasteiger partial charge in [0, 0.05) is 17.6 Å². The van der Waals surface area contributed by atoms with Gasteiger partial charge in [0.1, 0.15) is 5.01 Å². The smallest absolute Gasteiger partial charge is 0.112 e. The van der Waals surface area contributed by atoms with Crippen LogP contribution in [-0.4, -0.2) is 11.0 Å². The number of nitrogens with one attached hydrogen (secondary N) is 1. The Morgan fingerprint density at radius 1 is 1.35 bits per heavy atom. The average Bonchev–Trinajstić information content (AvgIpc) is 2.84. The Kier molecular flexibility index (Phi) is 4.21. The first-order valence-corrected chi connectivity index (χ1v) is 7.67. The maximum atomic E-state index is 4.44. The Hall–Kier alpha value is -0.410. The third-order valence-corrected chi connectivity index (χ3v) is 5.05. The molecule has 0 aliphatic heterocycles. The molecule has 0 bridgehead atoms. The van der Waals surface area contributed by atoms with Crippen LogP contribution in [0.25, 0.3) is 0 Å². The lowest BCUT2D eigenvalue weighted by molar-refractivity contribution is 0.238. The minimum absolute atomic E-state index is 0.0257. The molecule has 1 fully saturated rings. The fraction of sp³-hybridized carbons (Fsp3) is 0.786. The summed E-state index contributed by atoms with van der Waals surface area (Å²) in [6.07, 6.45) is 8.69. The second-order valence-electron chi connectivity index (χ2n) is 5.73. The Labute approximate surface area is 109 Å². The molecule has 0 unspecified atom stereocenters. The molecule has 0 spiro atoms. The first-order valence-electron chi connectivity index (χ1n) is 6.79. The minimum Gasteiger partial charge on any atom is -0.303 e. The third-order valence-electron chi connectivity index (χ3n) is 3.96. The summed E-state index contributed by atoms with van der Waals surface area (Å²) in [6.45, 7) is 6.81. The molecule has 1 aromatic heterocycles. The number of hydrogen-bond donors (Lipinski definition) is 1. The fourth-order valence-corrected chi connectivity index (χ4v) is 3.55. The largest absolute Gasteiger partial charge is 0.303 e. The zero-order valence-corrected chi connectivity index (χ0v) is 12.0. The molecule has 2 nitrogen and oxygen atoms in total. The standard InChI is InChI=1S/C14H24N2S/c1-4-11-5-7-12(8-6-11)16-14(2,3)13-15-9-10-17-13/h9-12,16H,4-8H2,1-3H3. The maximum Gasteiger partial charge on any atom is 0.112 e. The summed E-state index contributed by atoms with van der Waals surface area (Å²) < 4.78 is 0. The highest BCUT2D eigenvalue weighted by Gasteiger charge is 2.28. The Bertz CT molecular complexity index is 324. The van der Waals surface area contributed by atoms with Crippen LogP contribution < -0.4 is 5.32 Å². The highest BCUT2D eigenvalue weighted by atomic mass is 32.1. The van der Waals surface area contributed by atoms with Gasteiger partial charge < -0.3 is 5.32 Å². The monoisotopic (exact) mass is 252 g/mol. The van der Waals surface area contributed by atoms with E-state index in [0.29, 0.717) is 6.04 Å². The Morgan fingerprint density at radius 3 is 2.59 bits per heavy atom. The van der Waals surface area contributed by atoms with Gasteiger partial charge in [0.15, 0.2) is 0 Å². The van der Waals surface area contributed by atoms with Crippen LogP contribution >= 0.6 is 11.3 Å². The molecule has 1 aliphatic carbocycles. The van der Waals surface area contributed by atoms with E-state index in [1.54, 1.807) is 11.3 Å². The number of rotatable bonds is 4. The molecular weight excluding hydrogens is 228 g/mol. The molecule has 1 N–H and O–H groups in total. The van der Waals surface area contributed by atoms with Gasteiger partial charge in [0.2, 0.25) is 0 Å². The zero-order chi connectivity index (χ0) is 12.3. The van der Waals surface area contributed by atoms with Crippen LogP contribution in [0.1, 0.15) is 57.9 Å². The summed E-state index contributed by atoms with van der Waals surface area (Å²) in [5.41, 5.74) is 0.0257. The van der Waals surface area contributed by atoms with Crippen molar-refractivity contribution in [3.05, 3.63) is 16.6 Å². The second-order valence-corrected chi connectivity index (χ2v) is 6.63. The number of aromatic nitrogens is 1. The van der Waals surface area contributed by atoms with Gasteiger partial charge in [-0.25, -0.2) is 4.98 Å². The summed E-state index contributed by atoms with van der Waals surface area (Å²) in [5, 5.41) is 7.06. The van der Waals surface area contributed by atoms with E-state index < -0.39 is 0 Å². The first kappa shape index (κ1) is 13.0. The Balaban J connectivity index is 1.89. The van der Waals surface area contributed by atoms with Gasteiger partial charge in [0.25, 0.3) is 0 Å². The molecule has 1 saturated carbocycles. The second kappa shape index (κ2) is 5.49. The van der Waals surface area contributed by atoms with Gasteiger partial charge in [0.05, 0.1) is 5.54 Å². The van der Waals surface area contributed by atoms with Crippen LogP contribution in [0.5, 0.6) is 0 Å². The minimum atomic E-state index is 0.0257. The molecule has 2 rings (SSSR count). The highest BCUT2D eigenvalue weighted by Crippen LogP contribution is 2.30. The van der Waals surface area contributed by atoms with Crippen molar-refractivity contribution in [3.63, 3.8) is 0 Å². The molecule has 0 aromatic carbocycles. The lowest BCUT2D eigenvalue weighted by atomic mass is 9.83. The quantitative estimate of drug-likeness (QED) is 0.878. The lowest BCUT2D eigenvalue weighted by Gasteiger charge is -2.35. The van der Waals surface area contributed by atoms with Gasteiger partial charge in [-0.05, 0) is 45.4 Å². The summed E-state index contributed by atoms with van der Waals surface area (Å²) in [7, 11) is 0. The SMILES string of the molecule is CCC1CCC(NC(C)(C)c2nccs2)CC1.